The van der Waals surface area contributed by atoms with Crippen molar-refractivity contribution in [3.8, 4) is 0 Å². The Hall–Kier alpha value is -3.28. The van der Waals surface area contributed by atoms with E-state index in [0.717, 1.165) is 11.4 Å². The monoisotopic (exact) mass is 389 g/mol. The van der Waals surface area contributed by atoms with E-state index in [1.807, 2.05) is 18.2 Å². The van der Waals surface area contributed by atoms with Gasteiger partial charge < -0.3 is 10.6 Å². The maximum atomic E-state index is 12.3. The molecule has 0 unspecified atom stereocenters. The van der Waals surface area contributed by atoms with Crippen molar-refractivity contribution in [2.24, 2.45) is 0 Å². The van der Waals surface area contributed by atoms with Gasteiger partial charge in [-0.1, -0.05) is 52.0 Å². The number of aromatic nitrogens is 3. The number of hydrogen-bond acceptors (Lipinski definition) is 5. The van der Waals surface area contributed by atoms with Gasteiger partial charge in [0.05, 0.1) is 17.8 Å². The van der Waals surface area contributed by atoms with E-state index < -0.39 is 0 Å². The molecule has 2 aromatic heterocycles. The summed E-state index contributed by atoms with van der Waals surface area (Å²) in [4.78, 5) is 25.2. The van der Waals surface area contributed by atoms with Crippen molar-refractivity contribution >= 4 is 17.5 Å². The van der Waals surface area contributed by atoms with Crippen molar-refractivity contribution < 1.29 is 4.79 Å². The number of para-hydroxylation sites is 1. The first kappa shape index (κ1) is 20.5. The summed E-state index contributed by atoms with van der Waals surface area (Å²) in [7, 11) is 0. The van der Waals surface area contributed by atoms with Crippen LogP contribution in [0.5, 0.6) is 0 Å². The fourth-order valence-electron chi connectivity index (χ4n) is 3.09. The third-order valence-electron chi connectivity index (χ3n) is 4.68. The highest BCUT2D eigenvalue weighted by atomic mass is 16.1. The first-order valence-corrected chi connectivity index (χ1v) is 9.85. The SMILES string of the molecule is CC(C)c1cccc(C(C)C)c1Nc1ncc(C(=O)NCc2ccccn2)cn1. The normalized spacial score (nSPS) is 11.0. The molecule has 2 N–H and O–H groups in total. The highest BCUT2D eigenvalue weighted by molar-refractivity contribution is 5.93. The summed E-state index contributed by atoms with van der Waals surface area (Å²) in [6, 6.07) is 11.9. The molecule has 3 rings (SSSR count). The molecular weight excluding hydrogens is 362 g/mol. The van der Waals surface area contributed by atoms with Crippen LogP contribution in [0.15, 0.2) is 55.0 Å². The molecule has 0 bridgehead atoms. The fourth-order valence-corrected chi connectivity index (χ4v) is 3.09. The van der Waals surface area contributed by atoms with Crippen LogP contribution in [0.1, 0.15) is 66.7 Å². The first-order chi connectivity index (χ1) is 14.0. The number of pyridine rings is 1. The van der Waals surface area contributed by atoms with Crippen molar-refractivity contribution in [2.75, 3.05) is 5.32 Å². The molecule has 6 nitrogen and oxygen atoms in total. The van der Waals surface area contributed by atoms with E-state index in [0.29, 0.717) is 29.9 Å². The number of benzene rings is 1. The lowest BCUT2D eigenvalue weighted by Crippen LogP contribution is -2.23. The standard InChI is InChI=1S/C23H27N5O/c1-15(2)19-9-7-10-20(16(3)4)21(19)28-23-26-12-17(13-27-23)22(29)25-14-18-8-5-6-11-24-18/h5-13,15-16H,14H2,1-4H3,(H,25,29)(H,26,27,28). The topological polar surface area (TPSA) is 79.8 Å². The fraction of sp³-hybridized carbons (Fsp3) is 0.304. The molecule has 0 aliphatic rings. The van der Waals surface area contributed by atoms with Crippen molar-refractivity contribution in [3.63, 3.8) is 0 Å². The van der Waals surface area contributed by atoms with Gasteiger partial charge in [0.2, 0.25) is 5.95 Å². The Labute approximate surface area is 171 Å². The van der Waals surface area contributed by atoms with E-state index >= 15 is 0 Å². The van der Waals surface area contributed by atoms with Crippen LogP contribution in [0.25, 0.3) is 0 Å². The van der Waals surface area contributed by atoms with Crippen LogP contribution in [0.2, 0.25) is 0 Å². The molecule has 0 saturated heterocycles. The molecule has 0 fully saturated rings. The maximum absolute atomic E-state index is 12.3. The van der Waals surface area contributed by atoms with Gasteiger partial charge in [0.25, 0.3) is 5.91 Å². The molecule has 0 aliphatic heterocycles. The van der Waals surface area contributed by atoms with Crippen molar-refractivity contribution in [1.82, 2.24) is 20.3 Å². The number of anilines is 2. The van der Waals surface area contributed by atoms with Crippen LogP contribution in [0.4, 0.5) is 11.6 Å². The number of hydrogen-bond donors (Lipinski definition) is 2. The van der Waals surface area contributed by atoms with Crippen LogP contribution < -0.4 is 10.6 Å². The molecule has 0 saturated carbocycles. The van der Waals surface area contributed by atoms with Crippen molar-refractivity contribution in [1.29, 1.82) is 0 Å². The minimum Gasteiger partial charge on any atom is -0.346 e. The van der Waals surface area contributed by atoms with E-state index in [4.69, 9.17) is 0 Å². The van der Waals surface area contributed by atoms with E-state index in [1.165, 1.54) is 23.5 Å². The number of nitrogens with zero attached hydrogens (tertiary/aromatic N) is 3. The average Bonchev–Trinajstić information content (AvgIpc) is 2.73. The Morgan fingerprint density at radius 3 is 2.10 bits per heavy atom. The number of nitrogens with one attached hydrogen (secondary N) is 2. The first-order valence-electron chi connectivity index (χ1n) is 9.85. The van der Waals surface area contributed by atoms with Gasteiger partial charge in [0, 0.05) is 24.3 Å². The molecule has 29 heavy (non-hydrogen) atoms. The van der Waals surface area contributed by atoms with Crippen molar-refractivity contribution in [2.45, 2.75) is 46.1 Å². The summed E-state index contributed by atoms with van der Waals surface area (Å²) in [5, 5.41) is 6.19. The minimum absolute atomic E-state index is 0.229. The molecule has 1 amide bonds. The van der Waals surface area contributed by atoms with E-state index in [9.17, 15) is 4.79 Å². The number of carbonyl (C=O) groups is 1. The Kier molecular flexibility index (Phi) is 6.54. The van der Waals surface area contributed by atoms with Gasteiger partial charge in [-0.15, -0.1) is 0 Å². The summed E-state index contributed by atoms with van der Waals surface area (Å²) in [5.41, 5.74) is 4.69. The predicted molar refractivity (Wildman–Crippen MR) is 115 cm³/mol. The molecule has 0 atom stereocenters. The Morgan fingerprint density at radius 1 is 0.897 bits per heavy atom. The number of carbonyl (C=O) groups excluding carboxylic acids is 1. The molecule has 2 heterocycles. The molecule has 1 aromatic carbocycles. The molecule has 0 spiro atoms. The van der Waals surface area contributed by atoms with Gasteiger partial charge in [-0.3, -0.25) is 9.78 Å². The lowest BCUT2D eigenvalue weighted by molar-refractivity contribution is 0.0949. The molecule has 0 radical (unpaired) electrons. The van der Waals surface area contributed by atoms with E-state index in [1.54, 1.807) is 6.20 Å². The Morgan fingerprint density at radius 2 is 1.55 bits per heavy atom. The lowest BCUT2D eigenvalue weighted by atomic mass is 9.93. The molecular formula is C23H27N5O. The maximum Gasteiger partial charge on any atom is 0.254 e. The van der Waals surface area contributed by atoms with Crippen LogP contribution in [0.3, 0.4) is 0 Å². The van der Waals surface area contributed by atoms with Gasteiger partial charge in [-0.2, -0.15) is 0 Å². The smallest absolute Gasteiger partial charge is 0.254 e. The van der Waals surface area contributed by atoms with Crippen molar-refractivity contribution in [3.05, 3.63) is 77.4 Å². The average molecular weight is 390 g/mol. The Bertz CT molecular complexity index is 927. The second kappa shape index (κ2) is 9.28. The van der Waals surface area contributed by atoms with E-state index in [2.05, 4.69) is 71.5 Å². The highest BCUT2D eigenvalue weighted by Gasteiger charge is 2.15. The summed E-state index contributed by atoms with van der Waals surface area (Å²) in [6.45, 7) is 9.03. The third-order valence-corrected chi connectivity index (χ3v) is 4.68. The highest BCUT2D eigenvalue weighted by Crippen LogP contribution is 2.33. The largest absolute Gasteiger partial charge is 0.346 e. The van der Waals surface area contributed by atoms with Crippen LogP contribution in [-0.4, -0.2) is 20.9 Å². The molecule has 6 heteroatoms. The van der Waals surface area contributed by atoms with Gasteiger partial charge in [-0.25, -0.2) is 9.97 Å². The van der Waals surface area contributed by atoms with Crippen LogP contribution in [-0.2, 0) is 6.54 Å². The zero-order valence-electron chi connectivity index (χ0n) is 17.3. The minimum atomic E-state index is -0.229. The number of amides is 1. The molecule has 3 aromatic rings. The van der Waals surface area contributed by atoms with Gasteiger partial charge in [0.1, 0.15) is 0 Å². The predicted octanol–water partition coefficient (Wildman–Crippen LogP) is 4.79. The molecule has 0 aliphatic carbocycles. The van der Waals surface area contributed by atoms with Crippen LogP contribution in [0, 0.1) is 0 Å². The second-order valence-electron chi connectivity index (χ2n) is 7.54. The summed E-state index contributed by atoms with van der Waals surface area (Å²) in [5.74, 6) is 0.981. The van der Waals surface area contributed by atoms with Crippen LogP contribution >= 0.6 is 0 Å². The Balaban J connectivity index is 1.73. The summed E-state index contributed by atoms with van der Waals surface area (Å²) in [6.07, 6.45) is 4.78. The van der Waals surface area contributed by atoms with Gasteiger partial charge in [0.15, 0.2) is 0 Å². The number of rotatable bonds is 7. The zero-order chi connectivity index (χ0) is 20.8. The third kappa shape index (κ3) is 5.16. The lowest BCUT2D eigenvalue weighted by Gasteiger charge is -2.20. The molecule has 150 valence electrons. The van der Waals surface area contributed by atoms with E-state index in [-0.39, 0.29) is 5.91 Å². The quantitative estimate of drug-likeness (QED) is 0.607. The summed E-state index contributed by atoms with van der Waals surface area (Å²) < 4.78 is 0. The van der Waals surface area contributed by atoms with Gasteiger partial charge in [-0.05, 0) is 35.1 Å². The van der Waals surface area contributed by atoms with Gasteiger partial charge >= 0.3 is 0 Å². The second-order valence-corrected chi connectivity index (χ2v) is 7.54. The zero-order valence-corrected chi connectivity index (χ0v) is 17.3. The summed E-state index contributed by atoms with van der Waals surface area (Å²) >= 11 is 0.